The molecule has 18 heavy (non-hydrogen) atoms. The van der Waals surface area contributed by atoms with Gasteiger partial charge >= 0.3 is 6.18 Å². The van der Waals surface area contributed by atoms with Gasteiger partial charge in [0.25, 0.3) is 0 Å². The first-order chi connectivity index (χ1) is 8.49. The number of halogens is 3. The molecule has 1 aromatic rings. The third-order valence-corrected chi connectivity index (χ3v) is 2.52. The van der Waals surface area contributed by atoms with Gasteiger partial charge in [0, 0.05) is 12.6 Å². The maximum Gasteiger partial charge on any atom is 0.433 e. The molecule has 1 unspecified atom stereocenters. The van der Waals surface area contributed by atoms with Crippen molar-refractivity contribution in [1.29, 1.82) is 5.26 Å². The summed E-state index contributed by atoms with van der Waals surface area (Å²) in [6.45, 7) is 1.33. The van der Waals surface area contributed by atoms with E-state index in [-0.39, 0.29) is 17.5 Å². The normalized spacial score (nSPS) is 19.6. The van der Waals surface area contributed by atoms with Gasteiger partial charge in [-0.3, -0.25) is 0 Å². The predicted molar refractivity (Wildman–Crippen MR) is 55.9 cm³/mol. The summed E-state index contributed by atoms with van der Waals surface area (Å²) in [5.41, 5.74) is -1.22. The number of alkyl halides is 3. The van der Waals surface area contributed by atoms with Crippen molar-refractivity contribution in [2.45, 2.75) is 18.7 Å². The number of nitrogens with one attached hydrogen (secondary N) is 1. The van der Waals surface area contributed by atoms with Crippen LogP contribution in [0, 0.1) is 11.3 Å². The van der Waals surface area contributed by atoms with Crippen molar-refractivity contribution < 1.29 is 17.9 Å². The minimum absolute atomic E-state index is 0.113. The van der Waals surface area contributed by atoms with E-state index in [1.165, 1.54) is 6.07 Å². The molecule has 4 nitrogen and oxygen atoms in total. The summed E-state index contributed by atoms with van der Waals surface area (Å²) in [5, 5.41) is 11.7. The number of ether oxygens (including phenoxy) is 1. The smallest absolute Gasteiger partial charge is 0.433 e. The van der Waals surface area contributed by atoms with Crippen LogP contribution in [0.25, 0.3) is 0 Å². The molecule has 1 aromatic heterocycles. The van der Waals surface area contributed by atoms with Crippen LogP contribution >= 0.6 is 0 Å². The average Bonchev–Trinajstić information content (AvgIpc) is 2.80. The van der Waals surface area contributed by atoms with E-state index in [4.69, 9.17) is 10.00 Å². The molecule has 1 saturated heterocycles. The second kappa shape index (κ2) is 4.82. The zero-order valence-corrected chi connectivity index (χ0v) is 9.29. The average molecular weight is 257 g/mol. The lowest BCUT2D eigenvalue weighted by Gasteiger charge is -2.13. The van der Waals surface area contributed by atoms with Gasteiger partial charge in [-0.1, -0.05) is 0 Å². The Bertz CT molecular complexity index is 475. The van der Waals surface area contributed by atoms with Gasteiger partial charge in [0.2, 0.25) is 5.88 Å². The Labute approximate surface area is 101 Å². The molecule has 1 aliphatic heterocycles. The van der Waals surface area contributed by atoms with E-state index in [0.29, 0.717) is 19.0 Å². The highest BCUT2D eigenvalue weighted by Crippen LogP contribution is 2.30. The van der Waals surface area contributed by atoms with E-state index < -0.39 is 11.9 Å². The van der Waals surface area contributed by atoms with E-state index in [9.17, 15) is 13.2 Å². The minimum Gasteiger partial charge on any atom is -0.473 e. The van der Waals surface area contributed by atoms with Gasteiger partial charge in [0.15, 0.2) is 0 Å². The topological polar surface area (TPSA) is 57.9 Å². The van der Waals surface area contributed by atoms with Gasteiger partial charge in [-0.15, -0.1) is 0 Å². The Morgan fingerprint density at radius 1 is 1.44 bits per heavy atom. The summed E-state index contributed by atoms with van der Waals surface area (Å²) in [7, 11) is 0. The maximum absolute atomic E-state index is 12.6. The molecule has 96 valence electrons. The summed E-state index contributed by atoms with van der Waals surface area (Å²) in [6.07, 6.45) is -4.08. The molecule has 7 heteroatoms. The summed E-state index contributed by atoms with van der Waals surface area (Å²) in [5.74, 6) is -0.157. The molecule has 0 aromatic carbocycles. The number of rotatable bonds is 2. The van der Waals surface area contributed by atoms with Crippen molar-refractivity contribution in [2.75, 3.05) is 13.1 Å². The molecular weight excluding hydrogens is 247 g/mol. The number of nitriles is 1. The van der Waals surface area contributed by atoms with E-state index in [2.05, 4.69) is 10.3 Å². The summed E-state index contributed by atoms with van der Waals surface area (Å²) < 4.78 is 43.0. The van der Waals surface area contributed by atoms with Gasteiger partial charge in [0.05, 0.1) is 11.6 Å². The zero-order valence-electron chi connectivity index (χ0n) is 9.29. The van der Waals surface area contributed by atoms with Crippen molar-refractivity contribution in [3.63, 3.8) is 0 Å². The molecule has 1 N–H and O–H groups in total. The highest BCUT2D eigenvalue weighted by atomic mass is 19.4. The molecule has 0 bridgehead atoms. The number of aromatic nitrogens is 1. The van der Waals surface area contributed by atoms with E-state index in [0.717, 1.165) is 6.54 Å². The van der Waals surface area contributed by atoms with E-state index in [1.54, 1.807) is 6.07 Å². The first kappa shape index (κ1) is 12.6. The maximum atomic E-state index is 12.6. The monoisotopic (exact) mass is 257 g/mol. The number of pyridine rings is 1. The molecule has 0 radical (unpaired) electrons. The molecule has 0 saturated carbocycles. The molecule has 1 aliphatic rings. The molecule has 0 amide bonds. The quantitative estimate of drug-likeness (QED) is 0.876. The lowest BCUT2D eigenvalue weighted by molar-refractivity contribution is -0.141. The van der Waals surface area contributed by atoms with E-state index in [1.807, 2.05) is 0 Å². The first-order valence-corrected chi connectivity index (χ1v) is 5.36. The molecule has 1 atom stereocenters. The van der Waals surface area contributed by atoms with Crippen molar-refractivity contribution in [2.24, 2.45) is 0 Å². The van der Waals surface area contributed by atoms with Crippen LogP contribution in [0.2, 0.25) is 0 Å². The fourth-order valence-electron chi connectivity index (χ4n) is 1.67. The molecule has 0 aliphatic carbocycles. The predicted octanol–water partition coefficient (Wildman–Crippen LogP) is 1.71. The van der Waals surface area contributed by atoms with Crippen molar-refractivity contribution in [1.82, 2.24) is 10.3 Å². The van der Waals surface area contributed by atoms with Crippen LogP contribution in [0.4, 0.5) is 13.2 Å². The second-order valence-corrected chi connectivity index (χ2v) is 3.92. The number of nitrogens with zero attached hydrogens (tertiary/aromatic N) is 2. The first-order valence-electron chi connectivity index (χ1n) is 5.36. The van der Waals surface area contributed by atoms with Crippen LogP contribution in [0.3, 0.4) is 0 Å². The molecular formula is C11H10F3N3O. The largest absolute Gasteiger partial charge is 0.473 e. The summed E-state index contributed by atoms with van der Waals surface area (Å²) in [4.78, 5) is 3.39. The van der Waals surface area contributed by atoms with Crippen LogP contribution in [-0.2, 0) is 6.18 Å². The van der Waals surface area contributed by atoms with Gasteiger partial charge in [-0.2, -0.15) is 18.4 Å². The van der Waals surface area contributed by atoms with Crippen LogP contribution < -0.4 is 10.1 Å². The standard InChI is InChI=1S/C11H10F3N3O/c12-11(13,14)9-3-7(5-15)4-10(17-9)18-8-1-2-16-6-8/h3-4,8,16H,1-2,6H2. The second-order valence-electron chi connectivity index (χ2n) is 3.92. The molecule has 2 heterocycles. The highest BCUT2D eigenvalue weighted by Gasteiger charge is 2.33. The van der Waals surface area contributed by atoms with E-state index >= 15 is 0 Å². The highest BCUT2D eigenvalue weighted by molar-refractivity contribution is 5.35. The summed E-state index contributed by atoms with van der Waals surface area (Å²) >= 11 is 0. The third kappa shape index (κ3) is 2.90. The summed E-state index contributed by atoms with van der Waals surface area (Å²) in [6, 6.07) is 3.59. The fourth-order valence-corrected chi connectivity index (χ4v) is 1.67. The van der Waals surface area contributed by atoms with Crippen molar-refractivity contribution in [3.05, 3.63) is 23.4 Å². The Morgan fingerprint density at radius 2 is 2.22 bits per heavy atom. The van der Waals surface area contributed by atoms with Gasteiger partial charge in [-0.05, 0) is 19.0 Å². The number of hydrogen-bond acceptors (Lipinski definition) is 4. The zero-order chi connectivity index (χ0) is 13.2. The van der Waals surface area contributed by atoms with Crippen LogP contribution in [0.15, 0.2) is 12.1 Å². The molecule has 2 rings (SSSR count). The Morgan fingerprint density at radius 3 is 2.78 bits per heavy atom. The van der Waals surface area contributed by atoms with Gasteiger partial charge in [0.1, 0.15) is 11.8 Å². The third-order valence-electron chi connectivity index (χ3n) is 2.52. The van der Waals surface area contributed by atoms with Crippen LogP contribution in [-0.4, -0.2) is 24.2 Å². The molecule has 0 spiro atoms. The Balaban J connectivity index is 2.26. The van der Waals surface area contributed by atoms with Crippen LogP contribution in [0.5, 0.6) is 5.88 Å². The lowest BCUT2D eigenvalue weighted by atomic mass is 10.2. The molecule has 1 fully saturated rings. The van der Waals surface area contributed by atoms with Gasteiger partial charge in [-0.25, -0.2) is 4.98 Å². The Hall–Kier alpha value is -1.81. The minimum atomic E-state index is -4.58. The number of hydrogen-bond donors (Lipinski definition) is 1. The van der Waals surface area contributed by atoms with Crippen molar-refractivity contribution in [3.8, 4) is 11.9 Å². The van der Waals surface area contributed by atoms with Gasteiger partial charge < -0.3 is 10.1 Å². The van der Waals surface area contributed by atoms with Crippen LogP contribution in [0.1, 0.15) is 17.7 Å². The Kier molecular flexibility index (Phi) is 3.39. The lowest BCUT2D eigenvalue weighted by Crippen LogP contribution is -2.21. The van der Waals surface area contributed by atoms with Crippen molar-refractivity contribution >= 4 is 0 Å². The fraction of sp³-hybridized carbons (Fsp3) is 0.455. The SMILES string of the molecule is N#Cc1cc(OC2CCNC2)nc(C(F)(F)F)c1.